The Kier molecular flexibility index (Phi) is 4.25. The Labute approximate surface area is 160 Å². The first-order chi connectivity index (χ1) is 12.5. The number of aromatic nitrogens is 1. The summed E-state index contributed by atoms with van der Waals surface area (Å²) >= 11 is 12.0. The number of rotatable bonds is 3. The minimum Gasteiger partial charge on any atom is -0.348 e. The van der Waals surface area contributed by atoms with Crippen molar-refractivity contribution < 1.29 is 4.79 Å². The number of halogens is 2. The van der Waals surface area contributed by atoms with Crippen molar-refractivity contribution in [3.05, 3.63) is 79.6 Å². The van der Waals surface area contributed by atoms with E-state index < -0.39 is 5.91 Å². The summed E-state index contributed by atoms with van der Waals surface area (Å²) in [6.45, 7) is 2.31. The van der Waals surface area contributed by atoms with E-state index in [0.717, 1.165) is 23.1 Å². The average molecular weight is 387 g/mol. The maximum absolute atomic E-state index is 12.8. The first-order valence-corrected chi connectivity index (χ1v) is 9.10. The van der Waals surface area contributed by atoms with E-state index >= 15 is 0 Å². The number of hydrogen-bond donors (Lipinski definition) is 1. The zero-order chi connectivity index (χ0) is 18.4. The minimum atomic E-state index is -0.406. The lowest BCUT2D eigenvalue weighted by molar-refractivity contribution is 0.0949. The van der Waals surface area contributed by atoms with Crippen LogP contribution in [-0.2, 0) is 13.0 Å². The molecule has 132 valence electrons. The first kappa shape index (κ1) is 17.1. The summed E-state index contributed by atoms with van der Waals surface area (Å²) in [6.07, 6.45) is 2.53. The maximum atomic E-state index is 12.8. The third-order valence-corrected chi connectivity index (χ3v) is 5.41. The summed E-state index contributed by atoms with van der Waals surface area (Å²) < 4.78 is 2.02. The van der Waals surface area contributed by atoms with Crippen molar-refractivity contribution in [2.24, 2.45) is 0 Å². The van der Waals surface area contributed by atoms with Crippen LogP contribution in [0.4, 0.5) is 0 Å². The Hall–Kier alpha value is -2.30. The van der Waals surface area contributed by atoms with Crippen LogP contribution < -0.4 is 10.7 Å². The van der Waals surface area contributed by atoms with Crippen LogP contribution >= 0.6 is 23.2 Å². The second-order valence-corrected chi connectivity index (χ2v) is 7.41. The van der Waals surface area contributed by atoms with E-state index in [1.54, 1.807) is 30.5 Å². The molecule has 1 aliphatic heterocycles. The Morgan fingerprint density at radius 3 is 2.85 bits per heavy atom. The smallest absolute Gasteiger partial charge is 0.257 e. The Bertz CT molecular complexity index is 1100. The molecule has 1 aromatic heterocycles. The molecular formula is C20H16Cl2N2O2. The Morgan fingerprint density at radius 2 is 2.08 bits per heavy atom. The van der Waals surface area contributed by atoms with Crippen molar-refractivity contribution in [3.8, 4) is 0 Å². The normalized spacial score (nSPS) is 15.4. The van der Waals surface area contributed by atoms with Crippen LogP contribution in [0.5, 0.6) is 0 Å². The van der Waals surface area contributed by atoms with Crippen molar-refractivity contribution in [2.75, 3.05) is 0 Å². The van der Waals surface area contributed by atoms with Crippen molar-refractivity contribution in [1.29, 1.82) is 0 Å². The van der Waals surface area contributed by atoms with Gasteiger partial charge >= 0.3 is 0 Å². The molecule has 0 aliphatic carbocycles. The largest absolute Gasteiger partial charge is 0.348 e. The average Bonchev–Trinajstić information content (AvgIpc) is 2.93. The SMILES string of the molecule is C[C@@H]1Cc2cccc3c(=O)c(C(=O)NCc4ccc(Cl)cc4Cl)cn1c23. The van der Waals surface area contributed by atoms with Gasteiger partial charge in [-0.05, 0) is 42.7 Å². The van der Waals surface area contributed by atoms with Gasteiger partial charge in [0.25, 0.3) is 5.91 Å². The highest BCUT2D eigenvalue weighted by Gasteiger charge is 2.24. The molecule has 0 spiro atoms. The van der Waals surface area contributed by atoms with E-state index in [1.165, 1.54) is 0 Å². The van der Waals surface area contributed by atoms with Gasteiger partial charge in [-0.3, -0.25) is 9.59 Å². The van der Waals surface area contributed by atoms with E-state index in [9.17, 15) is 9.59 Å². The molecule has 3 aromatic rings. The number of amides is 1. The van der Waals surface area contributed by atoms with Gasteiger partial charge in [-0.25, -0.2) is 0 Å². The van der Waals surface area contributed by atoms with Crippen LogP contribution in [0.25, 0.3) is 10.9 Å². The van der Waals surface area contributed by atoms with Crippen molar-refractivity contribution in [2.45, 2.75) is 25.9 Å². The number of benzene rings is 2. The second-order valence-electron chi connectivity index (χ2n) is 6.56. The highest BCUT2D eigenvalue weighted by Crippen LogP contribution is 2.30. The standard InChI is InChI=1S/C20H16Cl2N2O2/c1-11-7-12-3-2-4-15-18(12)24(11)10-16(19(15)25)20(26)23-9-13-5-6-14(21)8-17(13)22/h2-6,8,10-11H,7,9H2,1H3,(H,23,26)/t11-/m1/s1. The fourth-order valence-corrected chi connectivity index (χ4v) is 3.99. The van der Waals surface area contributed by atoms with Crippen molar-refractivity contribution in [1.82, 2.24) is 9.88 Å². The first-order valence-electron chi connectivity index (χ1n) is 8.34. The molecule has 0 radical (unpaired) electrons. The molecule has 4 rings (SSSR count). The van der Waals surface area contributed by atoms with Gasteiger partial charge in [0, 0.05) is 34.2 Å². The number of carbonyl (C=O) groups is 1. The zero-order valence-corrected chi connectivity index (χ0v) is 15.6. The van der Waals surface area contributed by atoms with Gasteiger partial charge < -0.3 is 9.88 Å². The quantitative estimate of drug-likeness (QED) is 0.726. The van der Waals surface area contributed by atoms with Crippen LogP contribution in [0, 0.1) is 0 Å². The molecule has 0 saturated carbocycles. The molecule has 0 unspecified atom stereocenters. The van der Waals surface area contributed by atoms with Gasteiger partial charge in [0.05, 0.1) is 5.52 Å². The maximum Gasteiger partial charge on any atom is 0.257 e. The molecule has 0 bridgehead atoms. The van der Waals surface area contributed by atoms with Crippen LogP contribution in [-0.4, -0.2) is 10.5 Å². The topological polar surface area (TPSA) is 51.1 Å². The Balaban J connectivity index is 1.68. The number of nitrogens with zero attached hydrogens (tertiary/aromatic N) is 1. The Morgan fingerprint density at radius 1 is 1.27 bits per heavy atom. The molecule has 1 atom stereocenters. The lowest BCUT2D eigenvalue weighted by Gasteiger charge is -2.13. The van der Waals surface area contributed by atoms with Gasteiger partial charge in [-0.15, -0.1) is 0 Å². The molecule has 6 heteroatoms. The van der Waals surface area contributed by atoms with E-state index in [-0.39, 0.29) is 23.6 Å². The molecule has 4 nitrogen and oxygen atoms in total. The summed E-state index contributed by atoms with van der Waals surface area (Å²) in [4.78, 5) is 25.5. The third-order valence-electron chi connectivity index (χ3n) is 4.82. The summed E-state index contributed by atoms with van der Waals surface area (Å²) in [7, 11) is 0. The second kappa shape index (κ2) is 6.45. The predicted octanol–water partition coefficient (Wildman–Crippen LogP) is 4.36. The summed E-state index contributed by atoms with van der Waals surface area (Å²) in [5, 5.41) is 4.38. The fraction of sp³-hybridized carbons (Fsp3) is 0.200. The summed E-state index contributed by atoms with van der Waals surface area (Å²) in [5.41, 5.74) is 2.72. The molecule has 2 heterocycles. The number of pyridine rings is 1. The van der Waals surface area contributed by atoms with Gasteiger partial charge in [0.1, 0.15) is 5.56 Å². The fourth-order valence-electron chi connectivity index (χ4n) is 3.51. The highest BCUT2D eigenvalue weighted by molar-refractivity contribution is 6.35. The molecule has 26 heavy (non-hydrogen) atoms. The van der Waals surface area contributed by atoms with Gasteiger partial charge in [-0.2, -0.15) is 0 Å². The number of hydrogen-bond acceptors (Lipinski definition) is 2. The number of carbonyl (C=O) groups excluding carboxylic acids is 1. The third kappa shape index (κ3) is 2.79. The summed E-state index contributed by atoms with van der Waals surface area (Å²) in [6, 6.07) is 11.0. The van der Waals surface area contributed by atoms with E-state index in [1.807, 2.05) is 16.7 Å². The molecular weight excluding hydrogens is 371 g/mol. The predicted molar refractivity (Wildman–Crippen MR) is 104 cm³/mol. The van der Waals surface area contributed by atoms with Crippen molar-refractivity contribution in [3.63, 3.8) is 0 Å². The number of para-hydroxylation sites is 1. The monoisotopic (exact) mass is 386 g/mol. The molecule has 1 N–H and O–H groups in total. The molecule has 2 aromatic carbocycles. The van der Waals surface area contributed by atoms with Crippen LogP contribution in [0.3, 0.4) is 0 Å². The van der Waals surface area contributed by atoms with Gasteiger partial charge in [0.15, 0.2) is 0 Å². The van der Waals surface area contributed by atoms with Gasteiger partial charge in [0.2, 0.25) is 5.43 Å². The summed E-state index contributed by atoms with van der Waals surface area (Å²) in [5.74, 6) is -0.406. The van der Waals surface area contributed by atoms with Gasteiger partial charge in [-0.1, -0.05) is 41.4 Å². The zero-order valence-electron chi connectivity index (χ0n) is 14.1. The highest BCUT2D eigenvalue weighted by atomic mass is 35.5. The van der Waals surface area contributed by atoms with E-state index in [4.69, 9.17) is 23.2 Å². The van der Waals surface area contributed by atoms with Crippen molar-refractivity contribution >= 4 is 40.0 Å². The van der Waals surface area contributed by atoms with E-state index in [2.05, 4.69) is 12.2 Å². The van der Waals surface area contributed by atoms with Crippen LogP contribution in [0.15, 0.2) is 47.4 Å². The minimum absolute atomic E-state index is 0.147. The van der Waals surface area contributed by atoms with Crippen LogP contribution in [0.1, 0.15) is 34.5 Å². The van der Waals surface area contributed by atoms with Crippen LogP contribution in [0.2, 0.25) is 10.0 Å². The molecule has 0 fully saturated rings. The number of nitrogens with one attached hydrogen (secondary N) is 1. The lowest BCUT2D eigenvalue weighted by Crippen LogP contribution is -2.29. The molecule has 1 aliphatic rings. The van der Waals surface area contributed by atoms with E-state index in [0.29, 0.717) is 15.4 Å². The molecule has 1 amide bonds. The lowest BCUT2D eigenvalue weighted by atomic mass is 10.1. The molecule has 0 saturated heterocycles.